The molecular formula is C15H32N2. The first kappa shape index (κ1) is 15.0. The minimum Gasteiger partial charge on any atom is -0.328 e. The molecule has 17 heavy (non-hydrogen) atoms. The van der Waals surface area contributed by atoms with E-state index in [0.717, 1.165) is 5.92 Å². The van der Waals surface area contributed by atoms with Crippen molar-refractivity contribution in [3.8, 4) is 0 Å². The topological polar surface area (TPSA) is 29.3 Å². The van der Waals surface area contributed by atoms with E-state index in [-0.39, 0.29) is 0 Å². The van der Waals surface area contributed by atoms with Gasteiger partial charge in [-0.2, -0.15) is 0 Å². The van der Waals surface area contributed by atoms with Gasteiger partial charge < -0.3 is 10.6 Å². The molecule has 2 nitrogen and oxygen atoms in total. The van der Waals surface area contributed by atoms with Gasteiger partial charge in [0.25, 0.3) is 0 Å². The van der Waals surface area contributed by atoms with E-state index >= 15 is 0 Å². The molecule has 0 aromatic rings. The summed E-state index contributed by atoms with van der Waals surface area (Å²) in [6.45, 7) is 9.48. The van der Waals surface area contributed by atoms with E-state index in [9.17, 15) is 0 Å². The third-order valence-corrected chi connectivity index (χ3v) is 4.10. The largest absolute Gasteiger partial charge is 0.328 e. The number of rotatable bonds is 7. The maximum Gasteiger partial charge on any atom is 0.00419 e. The number of nitrogens with zero attached hydrogens (tertiary/aromatic N) is 1. The first-order valence-electron chi connectivity index (χ1n) is 7.63. The van der Waals surface area contributed by atoms with Crippen LogP contribution in [0.4, 0.5) is 0 Å². The van der Waals surface area contributed by atoms with Gasteiger partial charge in [0.2, 0.25) is 0 Å². The molecule has 0 heterocycles. The molecule has 0 aromatic carbocycles. The number of hydrogen-bond donors (Lipinski definition) is 1. The number of nitrogens with two attached hydrogens (primary N) is 1. The van der Waals surface area contributed by atoms with Gasteiger partial charge in [-0.25, -0.2) is 0 Å². The number of hydrogen-bond acceptors (Lipinski definition) is 2. The summed E-state index contributed by atoms with van der Waals surface area (Å²) < 4.78 is 0. The van der Waals surface area contributed by atoms with Gasteiger partial charge in [0.05, 0.1) is 0 Å². The van der Waals surface area contributed by atoms with Crippen molar-refractivity contribution in [3.63, 3.8) is 0 Å². The van der Waals surface area contributed by atoms with Gasteiger partial charge in [-0.3, -0.25) is 0 Å². The molecule has 2 N–H and O–H groups in total. The van der Waals surface area contributed by atoms with Gasteiger partial charge in [-0.15, -0.1) is 0 Å². The Bertz CT molecular complexity index is 191. The molecule has 0 amide bonds. The SMILES string of the molecule is CCCCCN(CC1CCCC(N)C1)C(C)C. The third kappa shape index (κ3) is 5.87. The van der Waals surface area contributed by atoms with Gasteiger partial charge in [0, 0.05) is 18.6 Å². The normalized spacial score (nSPS) is 25.8. The van der Waals surface area contributed by atoms with Gasteiger partial charge >= 0.3 is 0 Å². The maximum absolute atomic E-state index is 6.08. The molecule has 1 saturated carbocycles. The third-order valence-electron chi connectivity index (χ3n) is 4.10. The Morgan fingerprint density at radius 3 is 2.59 bits per heavy atom. The first-order valence-corrected chi connectivity index (χ1v) is 7.63. The highest BCUT2D eigenvalue weighted by Gasteiger charge is 2.22. The van der Waals surface area contributed by atoms with Crippen molar-refractivity contribution < 1.29 is 0 Å². The highest BCUT2D eigenvalue weighted by Crippen LogP contribution is 2.24. The van der Waals surface area contributed by atoms with E-state index in [1.54, 1.807) is 0 Å². The lowest BCUT2D eigenvalue weighted by molar-refractivity contribution is 0.157. The summed E-state index contributed by atoms with van der Waals surface area (Å²) in [4.78, 5) is 2.67. The van der Waals surface area contributed by atoms with Crippen LogP contribution in [-0.2, 0) is 0 Å². The van der Waals surface area contributed by atoms with Gasteiger partial charge in [-0.1, -0.05) is 26.2 Å². The van der Waals surface area contributed by atoms with E-state index in [2.05, 4.69) is 25.7 Å². The molecule has 102 valence electrons. The molecule has 1 fully saturated rings. The zero-order valence-corrected chi connectivity index (χ0v) is 12.1. The van der Waals surface area contributed by atoms with Crippen LogP contribution in [0.1, 0.15) is 65.7 Å². The second-order valence-electron chi connectivity index (χ2n) is 6.09. The van der Waals surface area contributed by atoms with Crippen LogP contribution in [0.5, 0.6) is 0 Å². The van der Waals surface area contributed by atoms with Crippen molar-refractivity contribution in [2.75, 3.05) is 13.1 Å². The molecule has 0 spiro atoms. The maximum atomic E-state index is 6.08. The van der Waals surface area contributed by atoms with Crippen molar-refractivity contribution in [1.82, 2.24) is 4.90 Å². The van der Waals surface area contributed by atoms with E-state index < -0.39 is 0 Å². The van der Waals surface area contributed by atoms with E-state index in [1.807, 2.05) is 0 Å². The van der Waals surface area contributed by atoms with Crippen LogP contribution >= 0.6 is 0 Å². The van der Waals surface area contributed by atoms with Crippen LogP contribution < -0.4 is 5.73 Å². The molecule has 1 rings (SSSR count). The van der Waals surface area contributed by atoms with Crippen LogP contribution in [0.3, 0.4) is 0 Å². The molecule has 2 unspecified atom stereocenters. The zero-order valence-electron chi connectivity index (χ0n) is 12.1. The Morgan fingerprint density at radius 1 is 1.24 bits per heavy atom. The molecule has 0 aromatic heterocycles. The number of unbranched alkanes of at least 4 members (excludes halogenated alkanes) is 2. The Morgan fingerprint density at radius 2 is 2.00 bits per heavy atom. The van der Waals surface area contributed by atoms with Crippen molar-refractivity contribution in [2.24, 2.45) is 11.7 Å². The average Bonchev–Trinajstić information content (AvgIpc) is 2.28. The fourth-order valence-corrected chi connectivity index (χ4v) is 2.96. The second-order valence-corrected chi connectivity index (χ2v) is 6.09. The zero-order chi connectivity index (χ0) is 12.7. The van der Waals surface area contributed by atoms with Crippen LogP contribution in [0.15, 0.2) is 0 Å². The lowest BCUT2D eigenvalue weighted by atomic mass is 9.85. The van der Waals surface area contributed by atoms with E-state index in [4.69, 9.17) is 5.73 Å². The van der Waals surface area contributed by atoms with Crippen molar-refractivity contribution in [1.29, 1.82) is 0 Å². The van der Waals surface area contributed by atoms with Crippen LogP contribution in [0.25, 0.3) is 0 Å². The highest BCUT2D eigenvalue weighted by atomic mass is 15.1. The predicted molar refractivity (Wildman–Crippen MR) is 76.2 cm³/mol. The van der Waals surface area contributed by atoms with Crippen LogP contribution in [0, 0.1) is 5.92 Å². The fraction of sp³-hybridized carbons (Fsp3) is 1.00. The molecule has 0 radical (unpaired) electrons. The van der Waals surface area contributed by atoms with Crippen LogP contribution in [0.2, 0.25) is 0 Å². The highest BCUT2D eigenvalue weighted by molar-refractivity contribution is 4.78. The molecule has 1 aliphatic carbocycles. The van der Waals surface area contributed by atoms with Crippen molar-refractivity contribution >= 4 is 0 Å². The fourth-order valence-electron chi connectivity index (χ4n) is 2.96. The van der Waals surface area contributed by atoms with Crippen molar-refractivity contribution in [2.45, 2.75) is 77.8 Å². The molecule has 2 atom stereocenters. The summed E-state index contributed by atoms with van der Waals surface area (Å²) in [5.41, 5.74) is 6.08. The predicted octanol–water partition coefficient (Wildman–Crippen LogP) is 3.40. The molecule has 1 aliphatic rings. The summed E-state index contributed by atoms with van der Waals surface area (Å²) in [5, 5.41) is 0. The summed E-state index contributed by atoms with van der Waals surface area (Å²) in [6, 6.07) is 1.16. The average molecular weight is 240 g/mol. The van der Waals surface area contributed by atoms with Gasteiger partial charge in [0.1, 0.15) is 0 Å². The lowest BCUT2D eigenvalue weighted by Crippen LogP contribution is -2.39. The Balaban J connectivity index is 2.31. The molecule has 0 saturated heterocycles. The van der Waals surface area contributed by atoms with E-state index in [0.29, 0.717) is 12.1 Å². The Kier molecular flexibility index (Phi) is 7.14. The standard InChI is InChI=1S/C15H32N2/c1-4-5-6-10-17(13(2)3)12-14-8-7-9-15(16)11-14/h13-15H,4-12,16H2,1-3H3. The summed E-state index contributed by atoms with van der Waals surface area (Å²) in [7, 11) is 0. The van der Waals surface area contributed by atoms with E-state index in [1.165, 1.54) is 58.0 Å². The van der Waals surface area contributed by atoms with Gasteiger partial charge in [0.15, 0.2) is 0 Å². The molecule has 0 bridgehead atoms. The summed E-state index contributed by atoms with van der Waals surface area (Å²) >= 11 is 0. The minimum absolute atomic E-state index is 0.471. The molecular weight excluding hydrogens is 208 g/mol. The Hall–Kier alpha value is -0.0800. The Labute approximate surface area is 108 Å². The second kappa shape index (κ2) is 8.10. The van der Waals surface area contributed by atoms with Crippen molar-refractivity contribution in [3.05, 3.63) is 0 Å². The van der Waals surface area contributed by atoms with Gasteiger partial charge in [-0.05, 0) is 52.0 Å². The smallest absolute Gasteiger partial charge is 0.00419 e. The molecule has 0 aliphatic heterocycles. The monoisotopic (exact) mass is 240 g/mol. The molecule has 2 heteroatoms. The van der Waals surface area contributed by atoms with Crippen LogP contribution in [-0.4, -0.2) is 30.1 Å². The quantitative estimate of drug-likeness (QED) is 0.691. The minimum atomic E-state index is 0.471. The summed E-state index contributed by atoms with van der Waals surface area (Å²) in [6.07, 6.45) is 9.27. The first-order chi connectivity index (χ1) is 8.13. The summed E-state index contributed by atoms with van der Waals surface area (Å²) in [5.74, 6) is 0.850. The lowest BCUT2D eigenvalue weighted by Gasteiger charge is -2.34.